The van der Waals surface area contributed by atoms with Crippen molar-refractivity contribution in [3.8, 4) is 0 Å². The summed E-state index contributed by atoms with van der Waals surface area (Å²) >= 11 is 0. The van der Waals surface area contributed by atoms with E-state index in [0.29, 0.717) is 45.0 Å². The molecular weight excluding hydrogens is 346 g/mol. The summed E-state index contributed by atoms with van der Waals surface area (Å²) in [6, 6.07) is 7.45. The summed E-state index contributed by atoms with van der Waals surface area (Å²) in [5, 5.41) is 3.29. The number of amides is 2. The van der Waals surface area contributed by atoms with Crippen LogP contribution in [-0.4, -0.2) is 64.6 Å². The minimum Gasteiger partial charge on any atom is -0.450 e. The zero-order chi connectivity index (χ0) is 19.1. The van der Waals surface area contributed by atoms with Crippen LogP contribution in [0.3, 0.4) is 0 Å². The first-order valence-corrected chi connectivity index (χ1v) is 8.97. The fraction of sp³-hybridized carbons (Fsp3) is 0.368. The second-order valence-corrected chi connectivity index (χ2v) is 6.12. The molecule has 1 N–H and O–H groups in total. The molecular formula is C19H23N5O3. The van der Waals surface area contributed by atoms with Crippen molar-refractivity contribution in [1.29, 1.82) is 0 Å². The van der Waals surface area contributed by atoms with E-state index in [4.69, 9.17) is 4.74 Å². The molecule has 142 valence electrons. The van der Waals surface area contributed by atoms with Gasteiger partial charge >= 0.3 is 6.09 Å². The van der Waals surface area contributed by atoms with E-state index < -0.39 is 0 Å². The van der Waals surface area contributed by atoms with E-state index in [-0.39, 0.29) is 12.0 Å². The summed E-state index contributed by atoms with van der Waals surface area (Å²) < 4.78 is 5.00. The van der Waals surface area contributed by atoms with Gasteiger partial charge in [0.05, 0.1) is 6.61 Å². The van der Waals surface area contributed by atoms with E-state index in [2.05, 4.69) is 15.3 Å². The molecule has 0 bridgehead atoms. The highest BCUT2D eigenvalue weighted by molar-refractivity contribution is 5.93. The van der Waals surface area contributed by atoms with E-state index in [0.717, 1.165) is 11.3 Å². The molecule has 8 heteroatoms. The van der Waals surface area contributed by atoms with Gasteiger partial charge in [-0.15, -0.1) is 0 Å². The van der Waals surface area contributed by atoms with Crippen molar-refractivity contribution in [3.63, 3.8) is 0 Å². The van der Waals surface area contributed by atoms with Crippen LogP contribution in [0.25, 0.3) is 0 Å². The number of pyridine rings is 2. The molecule has 0 aromatic carbocycles. The quantitative estimate of drug-likeness (QED) is 0.867. The Hall–Kier alpha value is -3.16. The third-order valence-corrected chi connectivity index (χ3v) is 4.32. The molecule has 2 amide bonds. The normalized spacial score (nSPS) is 14.0. The number of ether oxygens (including phenoxy) is 1. The number of aromatic nitrogens is 2. The minimum atomic E-state index is -0.329. The number of rotatable bonds is 5. The Morgan fingerprint density at radius 3 is 2.48 bits per heavy atom. The second-order valence-electron chi connectivity index (χ2n) is 6.12. The third-order valence-electron chi connectivity index (χ3n) is 4.32. The molecule has 0 saturated carbocycles. The van der Waals surface area contributed by atoms with E-state index in [1.54, 1.807) is 41.4 Å². The molecule has 0 spiro atoms. The Labute approximate surface area is 158 Å². The number of nitrogens with one attached hydrogen (secondary N) is 1. The highest BCUT2D eigenvalue weighted by Gasteiger charge is 2.26. The van der Waals surface area contributed by atoms with Crippen LogP contribution in [0, 0.1) is 0 Å². The summed E-state index contributed by atoms with van der Waals surface area (Å²) in [6.07, 6.45) is 4.78. The number of carbonyl (C=O) groups excluding carboxylic acids is 2. The highest BCUT2D eigenvalue weighted by Crippen LogP contribution is 2.13. The van der Waals surface area contributed by atoms with Gasteiger partial charge in [-0.1, -0.05) is 0 Å². The molecule has 27 heavy (non-hydrogen) atoms. The van der Waals surface area contributed by atoms with Gasteiger partial charge in [-0.2, -0.15) is 0 Å². The summed E-state index contributed by atoms with van der Waals surface area (Å²) in [4.78, 5) is 36.0. The molecule has 2 aromatic rings. The Kier molecular flexibility index (Phi) is 6.19. The standard InChI is InChI=1S/C19H23N5O3/c1-2-27-19(26)24-11-9-23(10-12-24)18(25)17-13-16(5-8-21-17)22-14-15-3-6-20-7-4-15/h3-8,13H,2,9-12,14H2,1H3,(H,21,22). The van der Waals surface area contributed by atoms with Gasteiger partial charge in [0.2, 0.25) is 0 Å². The Balaban J connectivity index is 1.57. The van der Waals surface area contributed by atoms with E-state index >= 15 is 0 Å². The molecule has 0 radical (unpaired) electrons. The van der Waals surface area contributed by atoms with Crippen molar-refractivity contribution >= 4 is 17.7 Å². The number of hydrogen-bond donors (Lipinski definition) is 1. The predicted molar refractivity (Wildman–Crippen MR) is 100 cm³/mol. The van der Waals surface area contributed by atoms with E-state index in [1.807, 2.05) is 18.2 Å². The molecule has 8 nitrogen and oxygen atoms in total. The summed E-state index contributed by atoms with van der Waals surface area (Å²) in [7, 11) is 0. The van der Waals surface area contributed by atoms with Crippen LogP contribution in [0.4, 0.5) is 10.5 Å². The van der Waals surface area contributed by atoms with Crippen molar-refractivity contribution in [1.82, 2.24) is 19.8 Å². The molecule has 0 atom stereocenters. The minimum absolute atomic E-state index is 0.133. The largest absolute Gasteiger partial charge is 0.450 e. The number of nitrogens with zero attached hydrogens (tertiary/aromatic N) is 4. The van der Waals surface area contributed by atoms with Crippen LogP contribution < -0.4 is 5.32 Å². The van der Waals surface area contributed by atoms with Crippen molar-refractivity contribution < 1.29 is 14.3 Å². The second kappa shape index (κ2) is 8.98. The van der Waals surface area contributed by atoms with Crippen molar-refractivity contribution in [2.75, 3.05) is 38.1 Å². The van der Waals surface area contributed by atoms with Crippen LogP contribution in [0.15, 0.2) is 42.9 Å². The lowest BCUT2D eigenvalue weighted by Crippen LogP contribution is -2.50. The summed E-state index contributed by atoms with van der Waals surface area (Å²) in [5.41, 5.74) is 2.32. The zero-order valence-electron chi connectivity index (χ0n) is 15.3. The van der Waals surface area contributed by atoms with Crippen LogP contribution in [0.5, 0.6) is 0 Å². The number of carbonyl (C=O) groups is 2. The Bertz CT molecular complexity index is 776. The summed E-state index contributed by atoms with van der Waals surface area (Å²) in [6.45, 7) is 4.62. The monoisotopic (exact) mass is 369 g/mol. The molecule has 0 aliphatic carbocycles. The average Bonchev–Trinajstić information content (AvgIpc) is 2.73. The van der Waals surface area contributed by atoms with Gasteiger partial charge in [-0.05, 0) is 36.8 Å². The van der Waals surface area contributed by atoms with Crippen LogP contribution in [-0.2, 0) is 11.3 Å². The number of hydrogen-bond acceptors (Lipinski definition) is 6. The zero-order valence-corrected chi connectivity index (χ0v) is 15.3. The van der Waals surface area contributed by atoms with E-state index in [9.17, 15) is 9.59 Å². The molecule has 1 saturated heterocycles. The van der Waals surface area contributed by atoms with Gasteiger partial charge in [-0.25, -0.2) is 4.79 Å². The number of piperazine rings is 1. The van der Waals surface area contributed by atoms with Crippen molar-refractivity contribution in [2.24, 2.45) is 0 Å². The first-order chi connectivity index (χ1) is 13.2. The topological polar surface area (TPSA) is 87.7 Å². The maximum atomic E-state index is 12.7. The maximum Gasteiger partial charge on any atom is 0.409 e. The van der Waals surface area contributed by atoms with Gasteiger partial charge in [-0.3, -0.25) is 14.8 Å². The molecule has 1 aliphatic heterocycles. The Morgan fingerprint density at radius 1 is 1.07 bits per heavy atom. The molecule has 0 unspecified atom stereocenters. The molecule has 2 aromatic heterocycles. The molecule has 1 fully saturated rings. The summed E-state index contributed by atoms with van der Waals surface area (Å²) in [5.74, 6) is -0.133. The maximum absolute atomic E-state index is 12.7. The SMILES string of the molecule is CCOC(=O)N1CCN(C(=O)c2cc(NCc3ccncc3)ccn2)CC1. The predicted octanol–water partition coefficient (Wildman–Crippen LogP) is 2.00. The van der Waals surface area contributed by atoms with Crippen molar-refractivity contribution in [3.05, 3.63) is 54.1 Å². The van der Waals surface area contributed by atoms with Crippen molar-refractivity contribution in [2.45, 2.75) is 13.5 Å². The van der Waals surface area contributed by atoms with Gasteiger partial charge < -0.3 is 19.9 Å². The third kappa shape index (κ3) is 4.93. The van der Waals surface area contributed by atoms with Gasteiger partial charge in [0.15, 0.2) is 0 Å². The van der Waals surface area contributed by atoms with Gasteiger partial charge in [0.25, 0.3) is 5.91 Å². The van der Waals surface area contributed by atoms with E-state index in [1.165, 1.54) is 0 Å². The van der Waals surface area contributed by atoms with Gasteiger partial charge in [0.1, 0.15) is 5.69 Å². The average molecular weight is 369 g/mol. The molecule has 3 heterocycles. The lowest BCUT2D eigenvalue weighted by atomic mass is 10.2. The highest BCUT2D eigenvalue weighted by atomic mass is 16.6. The molecule has 1 aliphatic rings. The first kappa shape index (κ1) is 18.6. The van der Waals surface area contributed by atoms with Crippen LogP contribution in [0.2, 0.25) is 0 Å². The molecule has 3 rings (SSSR count). The fourth-order valence-corrected chi connectivity index (χ4v) is 2.83. The fourth-order valence-electron chi connectivity index (χ4n) is 2.83. The number of anilines is 1. The first-order valence-electron chi connectivity index (χ1n) is 8.97. The Morgan fingerprint density at radius 2 is 1.78 bits per heavy atom. The van der Waals surface area contributed by atoms with Crippen LogP contribution >= 0.6 is 0 Å². The lowest BCUT2D eigenvalue weighted by Gasteiger charge is -2.33. The van der Waals surface area contributed by atoms with Crippen LogP contribution in [0.1, 0.15) is 23.0 Å². The van der Waals surface area contributed by atoms with Gasteiger partial charge in [0, 0.05) is 57.0 Å². The lowest BCUT2D eigenvalue weighted by molar-refractivity contribution is 0.0566. The smallest absolute Gasteiger partial charge is 0.409 e.